The number of likely N-dealkylation sites (tertiary alicyclic amines) is 1. The van der Waals surface area contributed by atoms with Gasteiger partial charge in [-0.3, -0.25) is 4.57 Å². The molecule has 0 bridgehead atoms. The van der Waals surface area contributed by atoms with Gasteiger partial charge in [-0.15, -0.1) is 0 Å². The molecule has 90 valence electrons. The molecule has 0 amide bonds. The number of aromatic nitrogens is 2. The zero-order valence-corrected chi connectivity index (χ0v) is 10.4. The van der Waals surface area contributed by atoms with Gasteiger partial charge in [-0.25, -0.2) is 4.79 Å². The molecule has 0 saturated carbocycles. The summed E-state index contributed by atoms with van der Waals surface area (Å²) in [5, 5.41) is 0.664. The fraction of sp³-hybridized carbons (Fsp3) is 0.417. The van der Waals surface area contributed by atoms with Gasteiger partial charge in [0.25, 0.3) is 0 Å². The van der Waals surface area contributed by atoms with Crippen molar-refractivity contribution in [1.82, 2.24) is 14.5 Å². The van der Waals surface area contributed by atoms with Crippen LogP contribution in [0.1, 0.15) is 12.5 Å². The molecule has 0 spiro atoms. The summed E-state index contributed by atoms with van der Waals surface area (Å²) in [6.45, 7) is 1.95. The topological polar surface area (TPSA) is 41.0 Å². The fourth-order valence-corrected chi connectivity index (χ4v) is 2.75. The lowest BCUT2D eigenvalue weighted by atomic mass is 10.2. The van der Waals surface area contributed by atoms with Crippen molar-refractivity contribution >= 4 is 22.6 Å². The molecule has 0 aliphatic carbocycles. The number of benzene rings is 1. The van der Waals surface area contributed by atoms with Crippen molar-refractivity contribution in [3.8, 4) is 0 Å². The van der Waals surface area contributed by atoms with Crippen molar-refractivity contribution in [2.24, 2.45) is 0 Å². The van der Waals surface area contributed by atoms with Crippen LogP contribution in [0.15, 0.2) is 23.0 Å². The van der Waals surface area contributed by atoms with Gasteiger partial charge in [0.05, 0.1) is 17.1 Å². The molecule has 1 saturated heterocycles. The molecule has 2 heterocycles. The lowest BCUT2D eigenvalue weighted by Gasteiger charge is -2.12. The van der Waals surface area contributed by atoms with Crippen molar-refractivity contribution in [2.45, 2.75) is 12.5 Å². The van der Waals surface area contributed by atoms with Crippen LogP contribution >= 0.6 is 11.6 Å². The van der Waals surface area contributed by atoms with Crippen LogP contribution < -0.4 is 5.69 Å². The van der Waals surface area contributed by atoms with Gasteiger partial charge in [0.2, 0.25) is 0 Å². The first-order valence-electron chi connectivity index (χ1n) is 5.73. The van der Waals surface area contributed by atoms with E-state index in [-0.39, 0.29) is 11.7 Å². The quantitative estimate of drug-likeness (QED) is 0.841. The summed E-state index contributed by atoms with van der Waals surface area (Å²) in [4.78, 5) is 17.1. The van der Waals surface area contributed by atoms with Crippen LogP contribution in [0.25, 0.3) is 11.0 Å². The molecule has 17 heavy (non-hydrogen) atoms. The SMILES string of the molecule is CN1CCC(n2c(=O)[nH]c3ccc(Cl)cc32)C1. The molecule has 4 nitrogen and oxygen atoms in total. The zero-order valence-electron chi connectivity index (χ0n) is 9.61. The Morgan fingerprint density at radius 2 is 2.29 bits per heavy atom. The Morgan fingerprint density at radius 1 is 1.47 bits per heavy atom. The summed E-state index contributed by atoms with van der Waals surface area (Å²) in [5.41, 5.74) is 1.72. The van der Waals surface area contributed by atoms with Crippen LogP contribution in [-0.4, -0.2) is 34.6 Å². The Balaban J connectivity index is 2.17. The highest BCUT2D eigenvalue weighted by Gasteiger charge is 2.24. The molecular formula is C12H14ClN3O. The number of fused-ring (bicyclic) bond motifs is 1. The molecule has 2 aromatic rings. The molecule has 1 aromatic heterocycles. The second-order valence-corrected chi connectivity index (χ2v) is 5.10. The predicted octanol–water partition coefficient (Wildman–Crippen LogP) is 1.86. The first-order valence-corrected chi connectivity index (χ1v) is 6.11. The molecule has 1 atom stereocenters. The number of rotatable bonds is 1. The summed E-state index contributed by atoms with van der Waals surface area (Å²) in [6, 6.07) is 5.76. The highest BCUT2D eigenvalue weighted by atomic mass is 35.5. The van der Waals surface area contributed by atoms with Crippen LogP contribution in [0.4, 0.5) is 0 Å². The minimum atomic E-state index is -0.0393. The average Bonchev–Trinajstić information content (AvgIpc) is 2.81. The number of hydrogen-bond acceptors (Lipinski definition) is 2. The van der Waals surface area contributed by atoms with Crippen molar-refractivity contribution < 1.29 is 0 Å². The monoisotopic (exact) mass is 251 g/mol. The highest BCUT2D eigenvalue weighted by molar-refractivity contribution is 6.31. The molecule has 1 aliphatic rings. The van der Waals surface area contributed by atoms with Crippen LogP contribution in [0.2, 0.25) is 5.02 Å². The minimum absolute atomic E-state index is 0.0393. The van der Waals surface area contributed by atoms with Gasteiger partial charge in [0.1, 0.15) is 0 Å². The van der Waals surface area contributed by atoms with Crippen LogP contribution in [0.5, 0.6) is 0 Å². The van der Waals surface area contributed by atoms with E-state index in [1.165, 1.54) is 0 Å². The molecular weight excluding hydrogens is 238 g/mol. The third-order valence-electron chi connectivity index (χ3n) is 3.41. The van der Waals surface area contributed by atoms with E-state index in [1.54, 1.807) is 6.07 Å². The van der Waals surface area contributed by atoms with Crippen molar-refractivity contribution in [1.29, 1.82) is 0 Å². The van der Waals surface area contributed by atoms with E-state index in [4.69, 9.17) is 11.6 Å². The highest BCUT2D eigenvalue weighted by Crippen LogP contribution is 2.24. The number of aromatic amines is 1. The lowest BCUT2D eigenvalue weighted by Crippen LogP contribution is -2.24. The maximum Gasteiger partial charge on any atom is 0.326 e. The summed E-state index contributed by atoms with van der Waals surface area (Å²) in [5.74, 6) is 0. The van der Waals surface area contributed by atoms with Gasteiger partial charge in [-0.1, -0.05) is 11.6 Å². The van der Waals surface area contributed by atoms with E-state index in [2.05, 4.69) is 16.9 Å². The van der Waals surface area contributed by atoms with Gasteiger partial charge in [0.15, 0.2) is 0 Å². The lowest BCUT2D eigenvalue weighted by molar-refractivity contribution is 0.392. The molecule has 1 aliphatic heterocycles. The van der Waals surface area contributed by atoms with Gasteiger partial charge in [-0.05, 0) is 38.2 Å². The van der Waals surface area contributed by atoms with Crippen molar-refractivity contribution in [3.63, 3.8) is 0 Å². The number of halogens is 1. The second-order valence-electron chi connectivity index (χ2n) is 4.67. The molecule has 1 N–H and O–H groups in total. The summed E-state index contributed by atoms with van der Waals surface area (Å²) in [6.07, 6.45) is 1.01. The Bertz CT molecular complexity index is 616. The summed E-state index contributed by atoms with van der Waals surface area (Å²) < 4.78 is 1.84. The van der Waals surface area contributed by atoms with Crippen LogP contribution in [0.3, 0.4) is 0 Å². The first-order chi connectivity index (χ1) is 8.15. The third-order valence-corrected chi connectivity index (χ3v) is 3.65. The molecule has 1 fully saturated rings. The minimum Gasteiger partial charge on any atom is -0.306 e. The number of imidazole rings is 1. The smallest absolute Gasteiger partial charge is 0.306 e. The second kappa shape index (κ2) is 3.89. The predicted molar refractivity (Wildman–Crippen MR) is 68.7 cm³/mol. The third kappa shape index (κ3) is 1.77. The molecule has 5 heteroatoms. The first kappa shape index (κ1) is 10.9. The Kier molecular flexibility index (Phi) is 2.49. The average molecular weight is 252 g/mol. The number of nitrogens with zero attached hydrogens (tertiary/aromatic N) is 2. The van der Waals surface area contributed by atoms with E-state index in [0.29, 0.717) is 5.02 Å². The summed E-state index contributed by atoms with van der Waals surface area (Å²) in [7, 11) is 2.08. The largest absolute Gasteiger partial charge is 0.326 e. The summed E-state index contributed by atoms with van der Waals surface area (Å²) >= 11 is 6.00. The van der Waals surface area contributed by atoms with Gasteiger partial charge in [-0.2, -0.15) is 0 Å². The van der Waals surface area contributed by atoms with E-state index in [0.717, 1.165) is 30.5 Å². The van der Waals surface area contributed by atoms with Gasteiger partial charge >= 0.3 is 5.69 Å². The Hall–Kier alpha value is -1.26. The van der Waals surface area contributed by atoms with E-state index in [9.17, 15) is 4.79 Å². The Morgan fingerprint density at radius 3 is 3.00 bits per heavy atom. The van der Waals surface area contributed by atoms with Gasteiger partial charge < -0.3 is 9.88 Å². The zero-order chi connectivity index (χ0) is 12.0. The van der Waals surface area contributed by atoms with Gasteiger partial charge in [0, 0.05) is 11.6 Å². The number of hydrogen-bond donors (Lipinski definition) is 1. The maximum atomic E-state index is 12.0. The van der Waals surface area contributed by atoms with Crippen molar-refractivity contribution in [2.75, 3.05) is 20.1 Å². The van der Waals surface area contributed by atoms with Crippen LogP contribution in [-0.2, 0) is 0 Å². The normalized spacial score (nSPS) is 21.4. The molecule has 1 aromatic carbocycles. The number of likely N-dealkylation sites (N-methyl/N-ethyl adjacent to an activating group) is 1. The number of H-pyrrole nitrogens is 1. The van der Waals surface area contributed by atoms with Crippen LogP contribution in [0, 0.1) is 0 Å². The molecule has 0 radical (unpaired) electrons. The molecule has 1 unspecified atom stereocenters. The van der Waals surface area contributed by atoms with E-state index >= 15 is 0 Å². The standard InChI is InChI=1S/C12H14ClN3O/c1-15-5-4-9(7-15)16-11-6-8(13)2-3-10(11)14-12(16)17/h2-3,6,9H,4-5,7H2,1H3,(H,14,17). The number of nitrogens with one attached hydrogen (secondary N) is 1. The Labute approximate surface area is 104 Å². The fourth-order valence-electron chi connectivity index (χ4n) is 2.58. The van der Waals surface area contributed by atoms with E-state index < -0.39 is 0 Å². The van der Waals surface area contributed by atoms with E-state index in [1.807, 2.05) is 16.7 Å². The van der Waals surface area contributed by atoms with Crippen molar-refractivity contribution in [3.05, 3.63) is 33.7 Å². The maximum absolute atomic E-state index is 12.0. The molecule has 3 rings (SSSR count).